The third-order valence-corrected chi connectivity index (χ3v) is 3.17. The van der Waals surface area contributed by atoms with Gasteiger partial charge < -0.3 is 14.8 Å². The number of halogens is 1. The van der Waals surface area contributed by atoms with Crippen LogP contribution in [0.3, 0.4) is 0 Å². The van der Waals surface area contributed by atoms with Gasteiger partial charge in [0, 0.05) is 12.1 Å². The largest absolute Gasteiger partial charge is 0.477 e. The van der Waals surface area contributed by atoms with Crippen molar-refractivity contribution in [2.75, 3.05) is 18.5 Å². The van der Waals surface area contributed by atoms with Gasteiger partial charge >= 0.3 is 11.7 Å². The maximum absolute atomic E-state index is 13.2. The van der Waals surface area contributed by atoms with Crippen LogP contribution in [0.15, 0.2) is 42.5 Å². The van der Waals surface area contributed by atoms with Gasteiger partial charge in [0.15, 0.2) is 6.61 Å². The predicted octanol–water partition coefficient (Wildman–Crippen LogP) is 2.93. The van der Waals surface area contributed by atoms with Crippen LogP contribution in [0.5, 0.6) is 5.75 Å². The van der Waals surface area contributed by atoms with E-state index >= 15 is 0 Å². The number of rotatable bonds is 7. The van der Waals surface area contributed by atoms with Gasteiger partial charge in [0.25, 0.3) is 5.91 Å². The van der Waals surface area contributed by atoms with Gasteiger partial charge in [0.1, 0.15) is 5.82 Å². The molecule has 1 N–H and O–H groups in total. The fraction of sp³-hybridized carbons (Fsp3) is 0.176. The van der Waals surface area contributed by atoms with Crippen molar-refractivity contribution in [2.45, 2.75) is 6.92 Å². The fourth-order valence-electron chi connectivity index (χ4n) is 2.06. The van der Waals surface area contributed by atoms with E-state index < -0.39 is 34.9 Å². The number of benzene rings is 2. The highest BCUT2D eigenvalue weighted by Gasteiger charge is 2.18. The number of nitro benzene ring substituents is 1. The maximum Gasteiger partial charge on any atom is 0.340 e. The Balaban J connectivity index is 2.08. The van der Waals surface area contributed by atoms with Crippen LogP contribution in [-0.4, -0.2) is 30.0 Å². The lowest BCUT2D eigenvalue weighted by Gasteiger charge is -2.11. The average molecular weight is 362 g/mol. The highest BCUT2D eigenvalue weighted by molar-refractivity contribution is 6.01. The molecule has 2 aromatic carbocycles. The van der Waals surface area contributed by atoms with Crippen molar-refractivity contribution < 1.29 is 28.4 Å². The topological polar surface area (TPSA) is 108 Å². The van der Waals surface area contributed by atoms with E-state index in [-0.39, 0.29) is 23.6 Å². The van der Waals surface area contributed by atoms with Crippen LogP contribution < -0.4 is 10.1 Å². The van der Waals surface area contributed by atoms with E-state index in [2.05, 4.69) is 5.32 Å². The first kappa shape index (κ1) is 18.8. The molecule has 2 aromatic rings. The molecule has 8 nitrogen and oxygen atoms in total. The van der Waals surface area contributed by atoms with Gasteiger partial charge in [-0.25, -0.2) is 9.18 Å². The van der Waals surface area contributed by atoms with Crippen LogP contribution in [0.1, 0.15) is 17.3 Å². The van der Waals surface area contributed by atoms with Crippen LogP contribution >= 0.6 is 0 Å². The lowest BCUT2D eigenvalue weighted by Crippen LogP contribution is -2.22. The van der Waals surface area contributed by atoms with Crippen LogP contribution in [0.25, 0.3) is 0 Å². The molecule has 0 saturated carbocycles. The van der Waals surface area contributed by atoms with Crippen LogP contribution in [-0.2, 0) is 9.53 Å². The second-order valence-electron chi connectivity index (χ2n) is 4.97. The molecule has 0 spiro atoms. The number of hydrogen-bond donors (Lipinski definition) is 1. The summed E-state index contributed by atoms with van der Waals surface area (Å²) in [6.45, 7) is 1.22. The van der Waals surface area contributed by atoms with Gasteiger partial charge in [-0.05, 0) is 25.1 Å². The first-order valence-corrected chi connectivity index (χ1v) is 7.55. The van der Waals surface area contributed by atoms with Crippen LogP contribution in [0, 0.1) is 15.9 Å². The first-order chi connectivity index (χ1) is 12.4. The number of para-hydroxylation sites is 1. The van der Waals surface area contributed by atoms with Gasteiger partial charge in [0.2, 0.25) is 5.75 Å². The number of nitro groups is 1. The molecule has 0 aliphatic rings. The second-order valence-corrected chi connectivity index (χ2v) is 4.97. The molecule has 0 aromatic heterocycles. The fourth-order valence-corrected chi connectivity index (χ4v) is 2.06. The van der Waals surface area contributed by atoms with E-state index in [0.29, 0.717) is 0 Å². The summed E-state index contributed by atoms with van der Waals surface area (Å²) < 4.78 is 23.2. The number of anilines is 1. The summed E-state index contributed by atoms with van der Waals surface area (Å²) in [5, 5.41) is 13.4. The number of nitrogens with zero attached hydrogens (tertiary/aromatic N) is 1. The van der Waals surface area contributed by atoms with Crippen molar-refractivity contribution in [3.8, 4) is 5.75 Å². The molecule has 2 rings (SSSR count). The van der Waals surface area contributed by atoms with Gasteiger partial charge in [-0.15, -0.1) is 0 Å². The third-order valence-electron chi connectivity index (χ3n) is 3.17. The van der Waals surface area contributed by atoms with Gasteiger partial charge in [-0.3, -0.25) is 14.9 Å². The van der Waals surface area contributed by atoms with Crippen molar-refractivity contribution >= 4 is 23.3 Å². The second kappa shape index (κ2) is 8.56. The molecule has 0 fully saturated rings. The Bertz CT molecular complexity index is 840. The minimum absolute atomic E-state index is 0.152. The van der Waals surface area contributed by atoms with Gasteiger partial charge in [-0.2, -0.15) is 0 Å². The van der Waals surface area contributed by atoms with E-state index in [1.807, 2.05) is 0 Å². The van der Waals surface area contributed by atoms with E-state index in [0.717, 1.165) is 18.2 Å². The zero-order chi connectivity index (χ0) is 19.1. The molecule has 26 heavy (non-hydrogen) atoms. The highest BCUT2D eigenvalue weighted by Crippen LogP contribution is 2.27. The Hall–Kier alpha value is -3.49. The third kappa shape index (κ3) is 4.76. The predicted molar refractivity (Wildman–Crippen MR) is 89.6 cm³/mol. The molecule has 0 unspecified atom stereocenters. The number of esters is 1. The number of hydrogen-bond acceptors (Lipinski definition) is 6. The SMILES string of the molecule is CCOC(=O)c1ccccc1NC(=O)COc1cc(F)ccc1[N+](=O)[O-]. The van der Waals surface area contributed by atoms with E-state index in [1.165, 1.54) is 12.1 Å². The smallest absolute Gasteiger partial charge is 0.340 e. The number of amides is 1. The average Bonchev–Trinajstić information content (AvgIpc) is 2.60. The molecular weight excluding hydrogens is 347 g/mol. The Morgan fingerprint density at radius 1 is 1.23 bits per heavy atom. The standard InChI is InChI=1S/C17H15FN2O6/c1-2-25-17(22)12-5-3-4-6-13(12)19-16(21)10-26-15-9-11(18)7-8-14(15)20(23)24/h3-9H,2,10H2,1H3,(H,19,21). The normalized spacial score (nSPS) is 10.1. The number of carbonyl (C=O) groups excluding carboxylic acids is 2. The van der Waals surface area contributed by atoms with Crippen molar-refractivity contribution in [3.05, 3.63) is 64.0 Å². The monoisotopic (exact) mass is 362 g/mol. The molecule has 0 aliphatic heterocycles. The first-order valence-electron chi connectivity index (χ1n) is 7.55. The van der Waals surface area contributed by atoms with Crippen molar-refractivity contribution in [1.29, 1.82) is 0 Å². The molecule has 0 radical (unpaired) electrons. The van der Waals surface area contributed by atoms with Crippen molar-refractivity contribution in [3.63, 3.8) is 0 Å². The minimum Gasteiger partial charge on any atom is -0.477 e. The lowest BCUT2D eigenvalue weighted by atomic mass is 10.2. The Morgan fingerprint density at radius 3 is 2.65 bits per heavy atom. The summed E-state index contributed by atoms with van der Waals surface area (Å²) in [5.74, 6) is -2.40. The quantitative estimate of drug-likeness (QED) is 0.461. The van der Waals surface area contributed by atoms with Crippen LogP contribution in [0.4, 0.5) is 15.8 Å². The Morgan fingerprint density at radius 2 is 1.96 bits per heavy atom. The molecule has 0 atom stereocenters. The van der Waals surface area contributed by atoms with Gasteiger partial charge in [-0.1, -0.05) is 12.1 Å². The molecule has 136 valence electrons. The maximum atomic E-state index is 13.2. The number of nitrogens with one attached hydrogen (secondary N) is 1. The molecule has 9 heteroatoms. The zero-order valence-corrected chi connectivity index (χ0v) is 13.7. The summed E-state index contributed by atoms with van der Waals surface area (Å²) in [5.41, 5.74) is -0.112. The van der Waals surface area contributed by atoms with Crippen molar-refractivity contribution in [1.82, 2.24) is 0 Å². The molecule has 0 heterocycles. The molecule has 0 aliphatic carbocycles. The van der Waals surface area contributed by atoms with Crippen molar-refractivity contribution in [2.24, 2.45) is 0 Å². The molecular formula is C17H15FN2O6. The minimum atomic E-state index is -0.747. The molecule has 0 bridgehead atoms. The summed E-state index contributed by atoms with van der Waals surface area (Å²) >= 11 is 0. The van der Waals surface area contributed by atoms with Crippen LogP contribution in [0.2, 0.25) is 0 Å². The number of ether oxygens (including phenoxy) is 2. The highest BCUT2D eigenvalue weighted by atomic mass is 19.1. The summed E-state index contributed by atoms with van der Waals surface area (Å²) in [6, 6.07) is 8.86. The van der Waals surface area contributed by atoms with E-state index in [4.69, 9.17) is 9.47 Å². The Labute approximate surface area is 147 Å². The zero-order valence-electron chi connectivity index (χ0n) is 13.7. The van der Waals surface area contributed by atoms with Gasteiger partial charge in [0.05, 0.1) is 22.8 Å². The summed E-state index contributed by atoms with van der Waals surface area (Å²) in [7, 11) is 0. The molecule has 0 saturated heterocycles. The van der Waals surface area contributed by atoms with E-state index in [9.17, 15) is 24.1 Å². The lowest BCUT2D eigenvalue weighted by molar-refractivity contribution is -0.385. The Kier molecular flexibility index (Phi) is 6.20. The number of carbonyl (C=O) groups is 2. The van der Waals surface area contributed by atoms with E-state index in [1.54, 1.807) is 19.1 Å². The summed E-state index contributed by atoms with van der Waals surface area (Å²) in [6.07, 6.45) is 0. The summed E-state index contributed by atoms with van der Waals surface area (Å²) in [4.78, 5) is 34.0. The molecule has 1 amide bonds.